The first-order chi connectivity index (χ1) is 9.16. The summed E-state index contributed by atoms with van der Waals surface area (Å²) in [6.45, 7) is 2.58. The van der Waals surface area contributed by atoms with Gasteiger partial charge in [-0.25, -0.2) is 4.79 Å². The van der Waals surface area contributed by atoms with E-state index in [0.717, 1.165) is 0 Å². The van der Waals surface area contributed by atoms with Gasteiger partial charge >= 0.3 is 5.97 Å². The first-order valence-corrected chi connectivity index (χ1v) is 6.33. The van der Waals surface area contributed by atoms with Gasteiger partial charge in [0.25, 0.3) is 0 Å². The average molecular weight is 275 g/mol. The number of carbonyl (C=O) groups is 2. The van der Waals surface area contributed by atoms with Gasteiger partial charge in [0.05, 0.1) is 33.0 Å². The number of methoxy groups -OCH3 is 1. The van der Waals surface area contributed by atoms with Gasteiger partial charge < -0.3 is 24.2 Å². The standard InChI is InChI=1S/C12H21NO6/c1-17-6-7-19-9-8-18-5-4-13-10(12(15)16)2-3-11(13)14/h10H,2-9H2,1H3,(H,15,16). The summed E-state index contributed by atoms with van der Waals surface area (Å²) in [6, 6.07) is -0.700. The molecule has 1 aliphatic rings. The number of rotatable bonds is 10. The van der Waals surface area contributed by atoms with Crippen LogP contribution in [0, 0.1) is 0 Å². The van der Waals surface area contributed by atoms with E-state index in [1.54, 1.807) is 7.11 Å². The van der Waals surface area contributed by atoms with E-state index in [-0.39, 0.29) is 5.91 Å². The molecule has 0 radical (unpaired) electrons. The Morgan fingerprint density at radius 2 is 1.89 bits per heavy atom. The summed E-state index contributed by atoms with van der Waals surface area (Å²) in [5, 5.41) is 8.96. The second-order valence-corrected chi connectivity index (χ2v) is 4.20. The Kier molecular flexibility index (Phi) is 7.39. The van der Waals surface area contributed by atoms with Crippen LogP contribution < -0.4 is 0 Å². The zero-order valence-corrected chi connectivity index (χ0v) is 11.2. The van der Waals surface area contributed by atoms with E-state index in [9.17, 15) is 9.59 Å². The van der Waals surface area contributed by atoms with Crippen molar-refractivity contribution in [3.63, 3.8) is 0 Å². The number of carboxylic acid groups (broad SMARTS) is 1. The summed E-state index contributed by atoms with van der Waals surface area (Å²) in [4.78, 5) is 23.8. The van der Waals surface area contributed by atoms with Crippen molar-refractivity contribution in [1.29, 1.82) is 0 Å². The number of hydrogen-bond acceptors (Lipinski definition) is 5. The lowest BCUT2D eigenvalue weighted by Crippen LogP contribution is -2.40. The van der Waals surface area contributed by atoms with Crippen molar-refractivity contribution >= 4 is 11.9 Å². The average Bonchev–Trinajstić information content (AvgIpc) is 2.74. The highest BCUT2D eigenvalue weighted by Gasteiger charge is 2.35. The largest absolute Gasteiger partial charge is 0.480 e. The van der Waals surface area contributed by atoms with E-state index in [4.69, 9.17) is 19.3 Å². The second kappa shape index (κ2) is 8.84. The first-order valence-electron chi connectivity index (χ1n) is 6.33. The zero-order valence-electron chi connectivity index (χ0n) is 11.2. The molecule has 1 fully saturated rings. The normalized spacial score (nSPS) is 19.1. The van der Waals surface area contributed by atoms with E-state index < -0.39 is 12.0 Å². The first kappa shape index (κ1) is 15.9. The molecule has 0 aliphatic carbocycles. The Bertz CT molecular complexity index is 296. The highest BCUT2D eigenvalue weighted by atomic mass is 16.5. The van der Waals surface area contributed by atoms with Crippen LogP contribution in [0.2, 0.25) is 0 Å². The highest BCUT2D eigenvalue weighted by Crippen LogP contribution is 2.18. The van der Waals surface area contributed by atoms with Gasteiger partial charge in [0, 0.05) is 20.1 Å². The Balaban J connectivity index is 2.08. The fourth-order valence-electron chi connectivity index (χ4n) is 1.90. The van der Waals surface area contributed by atoms with Gasteiger partial charge in [-0.15, -0.1) is 0 Å². The molecule has 0 saturated carbocycles. The number of amides is 1. The predicted octanol–water partition coefficient (Wildman–Crippen LogP) is -0.258. The summed E-state index contributed by atoms with van der Waals surface area (Å²) in [5.74, 6) is -1.07. The molecule has 7 heteroatoms. The smallest absolute Gasteiger partial charge is 0.326 e. The molecule has 1 rings (SSSR count). The zero-order chi connectivity index (χ0) is 14.1. The van der Waals surface area contributed by atoms with Crippen molar-refractivity contribution < 1.29 is 28.9 Å². The monoisotopic (exact) mass is 275 g/mol. The van der Waals surface area contributed by atoms with Crippen LogP contribution in [-0.2, 0) is 23.8 Å². The molecule has 19 heavy (non-hydrogen) atoms. The molecular weight excluding hydrogens is 254 g/mol. The van der Waals surface area contributed by atoms with Crippen molar-refractivity contribution in [2.24, 2.45) is 0 Å². The summed E-state index contributed by atoms with van der Waals surface area (Å²) in [5.41, 5.74) is 0. The molecule has 0 aromatic rings. The maximum absolute atomic E-state index is 11.5. The molecule has 0 spiro atoms. The molecule has 7 nitrogen and oxygen atoms in total. The van der Waals surface area contributed by atoms with E-state index in [1.807, 2.05) is 0 Å². The summed E-state index contributed by atoms with van der Waals surface area (Å²) < 4.78 is 15.3. The van der Waals surface area contributed by atoms with Gasteiger partial charge in [-0.1, -0.05) is 0 Å². The number of carbonyl (C=O) groups excluding carboxylic acids is 1. The summed E-state index contributed by atoms with van der Waals surface area (Å²) in [6.07, 6.45) is 0.686. The van der Waals surface area contributed by atoms with E-state index in [0.29, 0.717) is 52.4 Å². The molecule has 1 amide bonds. The molecule has 0 aromatic carbocycles. The fourth-order valence-corrected chi connectivity index (χ4v) is 1.90. The van der Waals surface area contributed by atoms with Crippen molar-refractivity contribution in [3.05, 3.63) is 0 Å². The highest BCUT2D eigenvalue weighted by molar-refractivity contribution is 5.87. The molecule has 1 unspecified atom stereocenters. The Hall–Kier alpha value is -1.18. The Labute approximate surface area is 112 Å². The van der Waals surface area contributed by atoms with Crippen LogP contribution in [0.25, 0.3) is 0 Å². The minimum Gasteiger partial charge on any atom is -0.480 e. The van der Waals surface area contributed by atoms with Crippen molar-refractivity contribution in [1.82, 2.24) is 4.90 Å². The molecule has 1 atom stereocenters. The molecule has 1 saturated heterocycles. The minimum atomic E-state index is -0.950. The SMILES string of the molecule is COCCOCCOCCN1C(=O)CCC1C(=O)O. The second-order valence-electron chi connectivity index (χ2n) is 4.20. The van der Waals surface area contributed by atoms with Crippen LogP contribution in [0.15, 0.2) is 0 Å². The van der Waals surface area contributed by atoms with E-state index >= 15 is 0 Å². The van der Waals surface area contributed by atoms with Crippen LogP contribution in [-0.4, -0.2) is 74.6 Å². The molecule has 1 heterocycles. The van der Waals surface area contributed by atoms with Crippen molar-refractivity contribution in [3.8, 4) is 0 Å². The molecular formula is C12H21NO6. The number of aliphatic carboxylic acids is 1. The predicted molar refractivity (Wildman–Crippen MR) is 65.9 cm³/mol. The van der Waals surface area contributed by atoms with Gasteiger partial charge in [0.2, 0.25) is 5.91 Å². The number of carboxylic acids is 1. The summed E-state index contributed by atoms with van der Waals surface area (Å²) in [7, 11) is 1.60. The minimum absolute atomic E-state index is 0.118. The van der Waals surface area contributed by atoms with Crippen LogP contribution in [0.3, 0.4) is 0 Å². The third-order valence-corrected chi connectivity index (χ3v) is 2.89. The van der Waals surface area contributed by atoms with Crippen molar-refractivity contribution in [2.45, 2.75) is 18.9 Å². The molecule has 1 aliphatic heterocycles. The van der Waals surface area contributed by atoms with Gasteiger partial charge in [-0.05, 0) is 6.42 Å². The van der Waals surface area contributed by atoms with Crippen LogP contribution in [0.5, 0.6) is 0 Å². The molecule has 0 bridgehead atoms. The number of nitrogens with zero attached hydrogens (tertiary/aromatic N) is 1. The topological polar surface area (TPSA) is 85.3 Å². The molecule has 0 aromatic heterocycles. The maximum Gasteiger partial charge on any atom is 0.326 e. The third-order valence-electron chi connectivity index (χ3n) is 2.89. The van der Waals surface area contributed by atoms with Crippen LogP contribution in [0.1, 0.15) is 12.8 Å². The lowest BCUT2D eigenvalue weighted by atomic mass is 10.2. The molecule has 110 valence electrons. The fraction of sp³-hybridized carbons (Fsp3) is 0.833. The van der Waals surface area contributed by atoms with Gasteiger partial charge in [0.15, 0.2) is 0 Å². The van der Waals surface area contributed by atoms with E-state index in [2.05, 4.69) is 0 Å². The lowest BCUT2D eigenvalue weighted by molar-refractivity contribution is -0.146. The van der Waals surface area contributed by atoms with E-state index in [1.165, 1.54) is 4.90 Å². The lowest BCUT2D eigenvalue weighted by Gasteiger charge is -2.21. The molecule has 1 N–H and O–H groups in total. The third kappa shape index (κ3) is 5.54. The van der Waals surface area contributed by atoms with Gasteiger partial charge in [-0.2, -0.15) is 0 Å². The number of hydrogen-bond donors (Lipinski definition) is 1. The Morgan fingerprint density at radius 3 is 2.53 bits per heavy atom. The van der Waals surface area contributed by atoms with Crippen LogP contribution >= 0.6 is 0 Å². The van der Waals surface area contributed by atoms with Crippen molar-refractivity contribution in [2.75, 3.05) is 46.7 Å². The van der Waals surface area contributed by atoms with Crippen LogP contribution in [0.4, 0.5) is 0 Å². The Morgan fingerprint density at radius 1 is 1.26 bits per heavy atom. The van der Waals surface area contributed by atoms with Gasteiger partial charge in [0.1, 0.15) is 6.04 Å². The van der Waals surface area contributed by atoms with Gasteiger partial charge in [-0.3, -0.25) is 4.79 Å². The summed E-state index contributed by atoms with van der Waals surface area (Å²) >= 11 is 0. The number of ether oxygens (including phenoxy) is 3. The quantitative estimate of drug-likeness (QED) is 0.553. The number of likely N-dealkylation sites (tertiary alicyclic amines) is 1. The maximum atomic E-state index is 11.5.